The van der Waals surface area contributed by atoms with Crippen LogP contribution >= 0.6 is 0 Å². The van der Waals surface area contributed by atoms with E-state index in [1.165, 1.54) is 11.8 Å². The van der Waals surface area contributed by atoms with Crippen molar-refractivity contribution in [2.75, 3.05) is 5.32 Å². The molecule has 0 saturated heterocycles. The van der Waals surface area contributed by atoms with E-state index in [4.69, 9.17) is 10.5 Å². The van der Waals surface area contributed by atoms with Crippen molar-refractivity contribution < 1.29 is 14.3 Å². The number of amides is 2. The van der Waals surface area contributed by atoms with Crippen molar-refractivity contribution in [3.63, 3.8) is 0 Å². The topological polar surface area (TPSA) is 94.3 Å². The number of aryl methyl sites for hydroxylation is 1. The molecule has 168 valence electrons. The van der Waals surface area contributed by atoms with Crippen molar-refractivity contribution in [3.05, 3.63) is 114 Å². The monoisotopic (exact) mass is 449 g/mol. The molecule has 0 saturated carbocycles. The van der Waals surface area contributed by atoms with Gasteiger partial charge in [-0.05, 0) is 65.4 Å². The first-order chi connectivity index (χ1) is 16.6. The zero-order valence-corrected chi connectivity index (χ0v) is 18.4. The van der Waals surface area contributed by atoms with Crippen LogP contribution in [0.25, 0.3) is 11.1 Å². The molecule has 3 aromatic carbocycles. The molecule has 1 aliphatic carbocycles. The van der Waals surface area contributed by atoms with Crippen molar-refractivity contribution in [3.8, 4) is 16.9 Å². The van der Waals surface area contributed by atoms with Crippen molar-refractivity contribution in [1.29, 1.82) is 0 Å². The number of hydrogen-bond donors (Lipinski definition) is 2. The van der Waals surface area contributed by atoms with E-state index in [9.17, 15) is 9.59 Å². The van der Waals surface area contributed by atoms with E-state index in [-0.39, 0.29) is 12.0 Å². The number of aromatic nitrogens is 1. The average Bonchev–Trinajstić information content (AvgIpc) is 3.26. The Morgan fingerprint density at radius 3 is 2.41 bits per heavy atom. The van der Waals surface area contributed by atoms with E-state index < -0.39 is 5.91 Å². The lowest BCUT2D eigenvalue weighted by Gasteiger charge is -2.16. The van der Waals surface area contributed by atoms with Crippen LogP contribution in [0.3, 0.4) is 0 Å². The number of nitrogens with two attached hydrogens (primary N) is 1. The number of carbonyl (C=O) groups excluding carboxylic acids is 2. The fraction of sp³-hybridized carbons (Fsp3) is 0.107. The zero-order chi connectivity index (χ0) is 23.5. The summed E-state index contributed by atoms with van der Waals surface area (Å²) in [5.41, 5.74) is 11.3. The summed E-state index contributed by atoms with van der Waals surface area (Å²) in [7, 11) is 0. The van der Waals surface area contributed by atoms with Crippen LogP contribution in [0.5, 0.6) is 5.75 Å². The van der Waals surface area contributed by atoms with E-state index in [0.29, 0.717) is 22.6 Å². The minimum Gasteiger partial charge on any atom is -0.484 e. The highest BCUT2D eigenvalue weighted by atomic mass is 16.5. The number of pyridine rings is 1. The van der Waals surface area contributed by atoms with Gasteiger partial charge in [0.25, 0.3) is 5.91 Å². The first-order valence-electron chi connectivity index (χ1n) is 11.1. The van der Waals surface area contributed by atoms with Crippen molar-refractivity contribution in [1.82, 2.24) is 4.98 Å². The second-order valence-electron chi connectivity index (χ2n) is 8.23. The van der Waals surface area contributed by atoms with E-state index in [2.05, 4.69) is 10.3 Å². The van der Waals surface area contributed by atoms with Gasteiger partial charge in [-0.25, -0.2) is 0 Å². The molecule has 0 unspecified atom stereocenters. The summed E-state index contributed by atoms with van der Waals surface area (Å²) in [5.74, 6) is -0.234. The highest BCUT2D eigenvalue weighted by Gasteiger charge is 2.25. The SMILES string of the molecule is NC(=O)c1cncc(O[C@@H]2CCc3ccc(NC(=O)c4ccc(-c5ccccc5)cc4)cc32)c1. The predicted octanol–water partition coefficient (Wildman–Crippen LogP) is 5.17. The third-order valence-electron chi connectivity index (χ3n) is 5.96. The summed E-state index contributed by atoms with van der Waals surface area (Å²) in [5, 5.41) is 2.99. The van der Waals surface area contributed by atoms with E-state index >= 15 is 0 Å². The lowest BCUT2D eigenvalue weighted by molar-refractivity contribution is 0.0996. The summed E-state index contributed by atoms with van der Waals surface area (Å²) in [6.45, 7) is 0. The molecule has 6 nitrogen and oxygen atoms in total. The van der Waals surface area contributed by atoms with Crippen LogP contribution in [0.2, 0.25) is 0 Å². The maximum absolute atomic E-state index is 12.8. The summed E-state index contributed by atoms with van der Waals surface area (Å²) >= 11 is 0. The van der Waals surface area contributed by atoms with Gasteiger partial charge in [0.15, 0.2) is 0 Å². The Morgan fingerprint density at radius 1 is 0.882 bits per heavy atom. The number of fused-ring (bicyclic) bond motifs is 1. The van der Waals surface area contributed by atoms with Gasteiger partial charge < -0.3 is 15.8 Å². The normalized spacial score (nSPS) is 14.3. The molecule has 1 atom stereocenters. The molecule has 0 aliphatic heterocycles. The van der Waals surface area contributed by atoms with Crippen LogP contribution in [0.1, 0.15) is 44.4 Å². The number of carbonyl (C=O) groups is 2. The Balaban J connectivity index is 1.30. The maximum Gasteiger partial charge on any atom is 0.255 e. The third kappa shape index (κ3) is 4.52. The molecule has 5 rings (SSSR count). The molecule has 0 bridgehead atoms. The quantitative estimate of drug-likeness (QED) is 0.425. The fourth-order valence-electron chi connectivity index (χ4n) is 4.19. The summed E-state index contributed by atoms with van der Waals surface area (Å²) in [4.78, 5) is 28.3. The van der Waals surface area contributed by atoms with Gasteiger partial charge in [-0.2, -0.15) is 0 Å². The van der Waals surface area contributed by atoms with Crippen molar-refractivity contribution >= 4 is 17.5 Å². The molecule has 0 spiro atoms. The maximum atomic E-state index is 12.8. The van der Waals surface area contributed by atoms with Gasteiger partial charge in [0, 0.05) is 17.4 Å². The molecule has 4 aromatic rings. The number of nitrogens with one attached hydrogen (secondary N) is 1. The van der Waals surface area contributed by atoms with E-state index in [1.807, 2.05) is 72.8 Å². The molecule has 1 aromatic heterocycles. The highest BCUT2D eigenvalue weighted by molar-refractivity contribution is 6.04. The molecule has 1 aliphatic rings. The van der Waals surface area contributed by atoms with Gasteiger partial charge in [0.1, 0.15) is 11.9 Å². The van der Waals surface area contributed by atoms with Crippen LogP contribution in [-0.4, -0.2) is 16.8 Å². The number of primary amides is 1. The molecule has 0 radical (unpaired) electrons. The molecule has 0 fully saturated rings. The standard InChI is InChI=1S/C28H23N3O3/c29-27(32)22-14-24(17-30-16-22)34-26-13-11-20-10-12-23(15-25(20)26)31-28(33)21-8-6-19(7-9-21)18-4-2-1-3-5-18/h1-10,12,14-17,26H,11,13H2,(H2,29,32)(H,31,33)/t26-/m1/s1. The first kappa shape index (κ1) is 21.4. The number of hydrogen-bond acceptors (Lipinski definition) is 4. The second kappa shape index (κ2) is 9.19. The Labute approximate surface area is 197 Å². The van der Waals surface area contributed by atoms with E-state index in [0.717, 1.165) is 29.5 Å². The number of nitrogens with zero attached hydrogens (tertiary/aromatic N) is 1. The number of anilines is 1. The Morgan fingerprint density at radius 2 is 1.65 bits per heavy atom. The number of rotatable bonds is 6. The average molecular weight is 450 g/mol. The number of ether oxygens (including phenoxy) is 1. The van der Waals surface area contributed by atoms with Gasteiger partial charge in [-0.3, -0.25) is 14.6 Å². The Bertz CT molecular complexity index is 1350. The predicted molar refractivity (Wildman–Crippen MR) is 131 cm³/mol. The lowest BCUT2D eigenvalue weighted by atomic mass is 10.0. The Kier molecular flexibility index (Phi) is 5.79. The molecular formula is C28H23N3O3. The van der Waals surface area contributed by atoms with Crippen LogP contribution < -0.4 is 15.8 Å². The number of benzene rings is 3. The Hall–Kier alpha value is -4.45. The van der Waals surface area contributed by atoms with Gasteiger partial charge in [0.05, 0.1) is 11.8 Å². The summed E-state index contributed by atoms with van der Waals surface area (Å²) < 4.78 is 6.11. The van der Waals surface area contributed by atoms with Gasteiger partial charge in [0.2, 0.25) is 5.91 Å². The first-order valence-corrected chi connectivity index (χ1v) is 11.1. The molecule has 3 N–H and O–H groups in total. The van der Waals surface area contributed by atoms with Crippen LogP contribution in [0.4, 0.5) is 5.69 Å². The lowest BCUT2D eigenvalue weighted by Crippen LogP contribution is -2.13. The third-order valence-corrected chi connectivity index (χ3v) is 5.96. The summed E-state index contributed by atoms with van der Waals surface area (Å²) in [6.07, 6.45) is 4.46. The minimum atomic E-state index is -0.549. The van der Waals surface area contributed by atoms with Crippen LogP contribution in [0.15, 0.2) is 91.3 Å². The molecular weight excluding hydrogens is 426 g/mol. The van der Waals surface area contributed by atoms with Crippen LogP contribution in [-0.2, 0) is 6.42 Å². The summed E-state index contributed by atoms with van der Waals surface area (Å²) in [6, 6.07) is 25.1. The highest BCUT2D eigenvalue weighted by Crippen LogP contribution is 2.36. The van der Waals surface area contributed by atoms with Crippen molar-refractivity contribution in [2.45, 2.75) is 18.9 Å². The van der Waals surface area contributed by atoms with Gasteiger partial charge >= 0.3 is 0 Å². The smallest absolute Gasteiger partial charge is 0.255 e. The van der Waals surface area contributed by atoms with Gasteiger partial charge in [-0.1, -0.05) is 48.5 Å². The molecule has 1 heterocycles. The van der Waals surface area contributed by atoms with E-state index in [1.54, 1.807) is 12.3 Å². The minimum absolute atomic E-state index is 0.173. The zero-order valence-electron chi connectivity index (χ0n) is 18.4. The molecule has 6 heteroatoms. The fourth-order valence-corrected chi connectivity index (χ4v) is 4.19. The molecule has 2 amide bonds. The second-order valence-corrected chi connectivity index (χ2v) is 8.23. The van der Waals surface area contributed by atoms with Crippen LogP contribution in [0, 0.1) is 0 Å². The van der Waals surface area contributed by atoms with Gasteiger partial charge in [-0.15, -0.1) is 0 Å². The largest absolute Gasteiger partial charge is 0.484 e. The van der Waals surface area contributed by atoms with Crippen molar-refractivity contribution in [2.24, 2.45) is 5.73 Å². The molecule has 34 heavy (non-hydrogen) atoms.